The minimum absolute atomic E-state index is 0.00188. The number of hydrogen-bond acceptors (Lipinski definition) is 7. The van der Waals surface area contributed by atoms with Crippen molar-refractivity contribution in [3.05, 3.63) is 59.7 Å². The number of anilines is 3. The molecule has 0 aliphatic carbocycles. The second-order valence-corrected chi connectivity index (χ2v) is 8.83. The van der Waals surface area contributed by atoms with E-state index < -0.39 is 5.82 Å². The number of benzene rings is 2. The van der Waals surface area contributed by atoms with Crippen molar-refractivity contribution in [1.29, 1.82) is 0 Å². The summed E-state index contributed by atoms with van der Waals surface area (Å²) in [5.74, 6) is 0.217. The zero-order valence-corrected chi connectivity index (χ0v) is 20.3. The fourth-order valence-corrected chi connectivity index (χ4v) is 3.79. The highest BCUT2D eigenvalue weighted by Crippen LogP contribution is 2.35. The number of aromatic nitrogens is 2. The zero-order chi connectivity index (χ0) is 24.8. The molecule has 2 aromatic carbocycles. The lowest BCUT2D eigenvalue weighted by Gasteiger charge is -2.25. The van der Waals surface area contributed by atoms with Gasteiger partial charge in [0, 0.05) is 42.6 Å². The first-order chi connectivity index (χ1) is 16.9. The van der Waals surface area contributed by atoms with E-state index in [0.717, 1.165) is 12.8 Å². The zero-order valence-electron chi connectivity index (χ0n) is 19.6. The van der Waals surface area contributed by atoms with Crippen molar-refractivity contribution in [1.82, 2.24) is 14.9 Å². The minimum Gasteiger partial charge on any atom is -0.488 e. The molecule has 0 atom stereocenters. The van der Waals surface area contributed by atoms with Crippen LogP contribution in [0, 0.1) is 5.82 Å². The third-order valence-corrected chi connectivity index (χ3v) is 5.67. The Morgan fingerprint density at radius 3 is 2.80 bits per heavy atom. The van der Waals surface area contributed by atoms with Gasteiger partial charge in [-0.15, -0.1) is 0 Å². The summed E-state index contributed by atoms with van der Waals surface area (Å²) >= 11 is 5.93. The number of rotatable bonds is 8. The van der Waals surface area contributed by atoms with Gasteiger partial charge in [0.15, 0.2) is 0 Å². The molecule has 1 aliphatic rings. The van der Waals surface area contributed by atoms with Crippen LogP contribution in [0.1, 0.15) is 12.8 Å². The summed E-state index contributed by atoms with van der Waals surface area (Å²) in [5.41, 5.74) is 1.69. The van der Waals surface area contributed by atoms with Gasteiger partial charge in [-0.05, 0) is 38.4 Å². The molecule has 0 unspecified atom stereocenters. The van der Waals surface area contributed by atoms with E-state index in [-0.39, 0.29) is 17.0 Å². The van der Waals surface area contributed by atoms with Crippen LogP contribution in [-0.4, -0.2) is 60.7 Å². The van der Waals surface area contributed by atoms with E-state index >= 15 is 0 Å². The summed E-state index contributed by atoms with van der Waals surface area (Å²) in [5, 5.41) is 6.72. The average Bonchev–Trinajstić information content (AvgIpc) is 2.82. The van der Waals surface area contributed by atoms with Crippen LogP contribution < -0.4 is 15.4 Å². The summed E-state index contributed by atoms with van der Waals surface area (Å²) in [6, 6.07) is 7.88. The lowest BCUT2D eigenvalue weighted by atomic mass is 10.1. The first-order valence-corrected chi connectivity index (χ1v) is 11.6. The average molecular weight is 500 g/mol. The Kier molecular flexibility index (Phi) is 8.12. The summed E-state index contributed by atoms with van der Waals surface area (Å²) < 4.78 is 25.3. The summed E-state index contributed by atoms with van der Waals surface area (Å²) in [6.45, 7) is 1.89. The third-order valence-electron chi connectivity index (χ3n) is 5.38. The molecule has 1 amide bonds. The molecule has 8 nitrogen and oxygen atoms in total. The van der Waals surface area contributed by atoms with E-state index in [1.165, 1.54) is 24.5 Å². The van der Waals surface area contributed by atoms with Crippen LogP contribution >= 0.6 is 11.6 Å². The van der Waals surface area contributed by atoms with Crippen LogP contribution in [0.5, 0.6) is 5.75 Å². The van der Waals surface area contributed by atoms with E-state index in [9.17, 15) is 9.18 Å². The molecule has 2 heterocycles. The van der Waals surface area contributed by atoms with Crippen molar-refractivity contribution in [2.75, 3.05) is 44.5 Å². The van der Waals surface area contributed by atoms with Crippen molar-refractivity contribution in [3.63, 3.8) is 0 Å². The molecule has 1 fully saturated rings. The van der Waals surface area contributed by atoms with Crippen LogP contribution in [0.15, 0.2) is 48.8 Å². The molecule has 0 radical (unpaired) electrons. The van der Waals surface area contributed by atoms with Crippen LogP contribution in [0.4, 0.5) is 21.6 Å². The molecule has 0 bridgehead atoms. The van der Waals surface area contributed by atoms with Gasteiger partial charge < -0.3 is 25.0 Å². The molecule has 3 aromatic rings. The molecular weight excluding hydrogens is 473 g/mol. The van der Waals surface area contributed by atoms with Crippen molar-refractivity contribution in [3.8, 4) is 5.75 Å². The van der Waals surface area contributed by atoms with Crippen LogP contribution in [0.3, 0.4) is 0 Å². The Morgan fingerprint density at radius 1 is 1.26 bits per heavy atom. The van der Waals surface area contributed by atoms with Gasteiger partial charge >= 0.3 is 0 Å². The molecule has 2 N–H and O–H groups in total. The van der Waals surface area contributed by atoms with Crippen LogP contribution in [0.25, 0.3) is 10.9 Å². The lowest BCUT2D eigenvalue weighted by molar-refractivity contribution is -0.111. The maximum absolute atomic E-state index is 13.6. The number of likely N-dealkylation sites (N-methyl/N-ethyl adjacent to an activating group) is 1. The summed E-state index contributed by atoms with van der Waals surface area (Å²) in [7, 11) is 3.85. The molecular formula is C25H27ClFN5O3. The quantitative estimate of drug-likeness (QED) is 0.431. The molecule has 35 heavy (non-hydrogen) atoms. The van der Waals surface area contributed by atoms with Gasteiger partial charge in [0.25, 0.3) is 0 Å². The summed E-state index contributed by atoms with van der Waals surface area (Å²) in [6.07, 6.45) is 6.19. The number of fused-ring (bicyclic) bond motifs is 1. The Hall–Kier alpha value is -3.27. The Balaban J connectivity index is 1.68. The van der Waals surface area contributed by atoms with Gasteiger partial charge in [-0.25, -0.2) is 14.4 Å². The van der Waals surface area contributed by atoms with E-state index in [0.29, 0.717) is 53.6 Å². The fraction of sp³-hybridized carbons (Fsp3) is 0.320. The monoisotopic (exact) mass is 499 g/mol. The third kappa shape index (κ3) is 6.66. The first-order valence-electron chi connectivity index (χ1n) is 11.3. The van der Waals surface area contributed by atoms with Gasteiger partial charge in [-0.3, -0.25) is 4.79 Å². The number of carbonyl (C=O) groups is 1. The highest BCUT2D eigenvalue weighted by atomic mass is 35.5. The van der Waals surface area contributed by atoms with Gasteiger partial charge in [-0.2, -0.15) is 0 Å². The maximum atomic E-state index is 13.6. The minimum atomic E-state index is -0.507. The molecule has 4 rings (SSSR count). The second kappa shape index (κ2) is 11.4. The van der Waals surface area contributed by atoms with E-state index in [2.05, 4.69) is 20.6 Å². The van der Waals surface area contributed by atoms with Crippen molar-refractivity contribution >= 4 is 45.6 Å². The number of carbonyl (C=O) groups excluding carboxylic acids is 1. The standard InChI is InChI=1S/C25H27ClFN5O3/c1-32(2)9-3-4-24(33)31-22-13-18-21(14-23(22)35-17-7-10-34-11-8-17)28-15-29-25(18)30-16-5-6-20(27)19(26)12-16/h3-6,12-15,17H,7-11H2,1-2H3,(H,31,33)(H,28,29,30)/b4-3+. The first kappa shape index (κ1) is 24.8. The molecule has 0 spiro atoms. The van der Waals surface area contributed by atoms with Gasteiger partial charge in [-0.1, -0.05) is 17.7 Å². The van der Waals surface area contributed by atoms with Crippen LogP contribution in [0.2, 0.25) is 5.02 Å². The van der Waals surface area contributed by atoms with Gasteiger partial charge in [0.1, 0.15) is 29.8 Å². The fourth-order valence-electron chi connectivity index (χ4n) is 3.61. The number of nitrogens with zero attached hydrogens (tertiary/aromatic N) is 3. The van der Waals surface area contributed by atoms with Crippen molar-refractivity contribution < 1.29 is 18.7 Å². The smallest absolute Gasteiger partial charge is 0.248 e. The highest BCUT2D eigenvalue weighted by Gasteiger charge is 2.19. The largest absolute Gasteiger partial charge is 0.488 e. The molecule has 0 saturated carbocycles. The highest BCUT2D eigenvalue weighted by molar-refractivity contribution is 6.31. The number of hydrogen-bond donors (Lipinski definition) is 2. The van der Waals surface area contributed by atoms with E-state index in [1.807, 2.05) is 19.0 Å². The van der Waals surface area contributed by atoms with Gasteiger partial charge in [0.05, 0.1) is 29.4 Å². The van der Waals surface area contributed by atoms with Crippen molar-refractivity contribution in [2.45, 2.75) is 18.9 Å². The predicted molar refractivity (Wildman–Crippen MR) is 135 cm³/mol. The molecule has 1 aliphatic heterocycles. The molecule has 1 saturated heterocycles. The Bertz CT molecular complexity index is 1230. The lowest BCUT2D eigenvalue weighted by Crippen LogP contribution is -2.26. The van der Waals surface area contributed by atoms with Crippen LogP contribution in [-0.2, 0) is 9.53 Å². The SMILES string of the molecule is CN(C)C/C=C/C(=O)Nc1cc2c(Nc3ccc(F)c(Cl)c3)ncnc2cc1OC1CCOCC1. The van der Waals surface area contributed by atoms with E-state index in [4.69, 9.17) is 21.1 Å². The molecule has 1 aromatic heterocycles. The topological polar surface area (TPSA) is 88.6 Å². The van der Waals surface area contributed by atoms with Gasteiger partial charge in [0.2, 0.25) is 5.91 Å². The summed E-state index contributed by atoms with van der Waals surface area (Å²) in [4.78, 5) is 23.3. The Labute approximate surface area is 208 Å². The molecule has 184 valence electrons. The maximum Gasteiger partial charge on any atom is 0.248 e. The number of halogens is 2. The molecule has 10 heteroatoms. The number of amides is 1. The Morgan fingerprint density at radius 2 is 2.06 bits per heavy atom. The predicted octanol–water partition coefficient (Wildman–Crippen LogP) is 4.78. The number of nitrogens with one attached hydrogen (secondary N) is 2. The number of ether oxygens (including phenoxy) is 2. The second-order valence-electron chi connectivity index (χ2n) is 8.43. The normalized spacial score (nSPS) is 14.5. The van der Waals surface area contributed by atoms with Crippen molar-refractivity contribution in [2.24, 2.45) is 0 Å². The van der Waals surface area contributed by atoms with E-state index in [1.54, 1.807) is 24.3 Å².